The van der Waals surface area contributed by atoms with Crippen LogP contribution in [0.5, 0.6) is 0 Å². The molecule has 0 N–H and O–H groups in total. The average molecular weight is 950 g/mol. The molecule has 0 radical (unpaired) electrons. The minimum atomic E-state index is -4.56. The van der Waals surface area contributed by atoms with Crippen LogP contribution in [-0.4, -0.2) is 70.7 Å². The summed E-state index contributed by atoms with van der Waals surface area (Å²) in [5, 5.41) is 0. The van der Waals surface area contributed by atoms with Crippen LogP contribution in [0.3, 0.4) is 0 Å². The topological polar surface area (TPSA) is 94.1 Å². The molecule has 0 rings (SSSR count). The van der Waals surface area contributed by atoms with E-state index in [-0.39, 0.29) is 32.2 Å². The maximum Gasteiger partial charge on any atom is 0.306 e. The van der Waals surface area contributed by atoms with Crippen LogP contribution in [-0.2, 0) is 27.9 Å². The number of carbonyl (C=O) groups is 1. The summed E-state index contributed by atoms with van der Waals surface area (Å²) in [6, 6.07) is 0. The van der Waals surface area contributed by atoms with E-state index in [2.05, 4.69) is 148 Å². The number of quaternary nitrogens is 1. The molecule has 9 heteroatoms. The van der Waals surface area contributed by atoms with Gasteiger partial charge in [-0.2, -0.15) is 0 Å². The Hall–Kier alpha value is -3.36. The summed E-state index contributed by atoms with van der Waals surface area (Å²) in [6.45, 7) is 5.07. The highest BCUT2D eigenvalue weighted by Crippen LogP contribution is 2.38. The Kier molecular flexibility index (Phi) is 46.6. The predicted molar refractivity (Wildman–Crippen MR) is 286 cm³/mol. The second-order valence-electron chi connectivity index (χ2n) is 17.8. The van der Waals surface area contributed by atoms with E-state index in [4.69, 9.17) is 18.5 Å². The zero-order chi connectivity index (χ0) is 49.0. The molecule has 0 amide bonds. The Morgan fingerprint density at radius 2 is 0.821 bits per heavy atom. The summed E-state index contributed by atoms with van der Waals surface area (Å²) in [6.07, 6.45) is 71.9. The molecule has 0 saturated heterocycles. The first-order valence-electron chi connectivity index (χ1n) is 25.9. The van der Waals surface area contributed by atoms with Gasteiger partial charge >= 0.3 is 5.97 Å². The molecular weight excluding hydrogens is 854 g/mol. The van der Waals surface area contributed by atoms with Crippen LogP contribution in [0.1, 0.15) is 168 Å². The van der Waals surface area contributed by atoms with Crippen LogP contribution in [0, 0.1) is 0 Å². The minimum absolute atomic E-state index is 0.00864. The molecule has 380 valence electrons. The SMILES string of the molecule is CC/C=C\C/C=C\C/C=C\C/C=C\C/C=C\C/C=C\CCCCCCC(=O)OC(COCCCCCCCC/C=C\C/C=C\C/C=C\C/C=C\C/C=C\CC)COP(=O)([O-])OCC[N+](C)(C)C. The number of phosphoric acid groups is 1. The Labute approximate surface area is 411 Å². The number of phosphoric ester groups is 1. The van der Waals surface area contributed by atoms with Gasteiger partial charge < -0.3 is 27.9 Å². The smallest absolute Gasteiger partial charge is 0.306 e. The quantitative estimate of drug-likeness (QED) is 0.0197. The lowest BCUT2D eigenvalue weighted by Crippen LogP contribution is -2.37. The summed E-state index contributed by atoms with van der Waals surface area (Å²) in [4.78, 5) is 25.2. The van der Waals surface area contributed by atoms with E-state index in [0.29, 0.717) is 24.1 Å². The van der Waals surface area contributed by atoms with Gasteiger partial charge in [0.1, 0.15) is 19.3 Å². The van der Waals surface area contributed by atoms with E-state index < -0.39 is 13.9 Å². The first-order valence-corrected chi connectivity index (χ1v) is 27.4. The predicted octanol–water partition coefficient (Wildman–Crippen LogP) is 15.6. The van der Waals surface area contributed by atoms with Crippen molar-refractivity contribution in [3.63, 3.8) is 0 Å². The molecule has 8 nitrogen and oxygen atoms in total. The van der Waals surface area contributed by atoms with E-state index in [0.717, 1.165) is 122 Å². The van der Waals surface area contributed by atoms with E-state index in [9.17, 15) is 14.3 Å². The molecule has 0 bridgehead atoms. The highest BCUT2D eigenvalue weighted by molar-refractivity contribution is 7.45. The van der Waals surface area contributed by atoms with Crippen molar-refractivity contribution in [2.45, 2.75) is 174 Å². The van der Waals surface area contributed by atoms with Gasteiger partial charge in [-0.15, -0.1) is 0 Å². The van der Waals surface area contributed by atoms with Gasteiger partial charge in [-0.25, -0.2) is 0 Å². The van der Waals surface area contributed by atoms with E-state index in [1.54, 1.807) is 0 Å². The van der Waals surface area contributed by atoms with Crippen LogP contribution < -0.4 is 4.89 Å². The summed E-state index contributed by atoms with van der Waals surface area (Å²) in [5.74, 6) is -0.370. The second kappa shape index (κ2) is 49.1. The van der Waals surface area contributed by atoms with Crippen molar-refractivity contribution < 1.29 is 37.3 Å². The Bertz CT molecular complexity index is 1520. The van der Waals surface area contributed by atoms with Crippen molar-refractivity contribution in [2.75, 3.05) is 54.1 Å². The maximum atomic E-state index is 12.8. The van der Waals surface area contributed by atoms with Gasteiger partial charge in [0.05, 0.1) is 34.4 Å². The van der Waals surface area contributed by atoms with Crippen LogP contribution in [0.2, 0.25) is 0 Å². The van der Waals surface area contributed by atoms with Crippen molar-refractivity contribution in [1.29, 1.82) is 0 Å². The molecule has 0 aromatic rings. The number of hydrogen-bond acceptors (Lipinski definition) is 7. The molecule has 0 aliphatic carbocycles. The number of nitrogens with zero attached hydrogens (tertiary/aromatic N) is 1. The van der Waals surface area contributed by atoms with Gasteiger partial charge in [0, 0.05) is 13.0 Å². The van der Waals surface area contributed by atoms with Crippen molar-refractivity contribution in [1.82, 2.24) is 0 Å². The van der Waals surface area contributed by atoms with Crippen molar-refractivity contribution in [3.8, 4) is 0 Å². The van der Waals surface area contributed by atoms with Gasteiger partial charge in [0.25, 0.3) is 7.82 Å². The zero-order valence-electron chi connectivity index (χ0n) is 43.0. The first-order chi connectivity index (χ1) is 32.6. The molecular formula is C58H96NO7P. The van der Waals surface area contributed by atoms with Gasteiger partial charge in [0.2, 0.25) is 0 Å². The van der Waals surface area contributed by atoms with Crippen LogP contribution in [0.25, 0.3) is 0 Å². The third-order valence-electron chi connectivity index (χ3n) is 10.2. The highest BCUT2D eigenvalue weighted by Gasteiger charge is 2.20. The van der Waals surface area contributed by atoms with Crippen molar-refractivity contribution in [2.24, 2.45) is 0 Å². The van der Waals surface area contributed by atoms with Gasteiger partial charge in [-0.1, -0.05) is 186 Å². The van der Waals surface area contributed by atoms with Crippen LogP contribution in [0.4, 0.5) is 0 Å². The number of unbranched alkanes of at least 4 members (excludes halogenated alkanes) is 10. The molecule has 2 atom stereocenters. The first kappa shape index (κ1) is 63.6. The van der Waals surface area contributed by atoms with Crippen molar-refractivity contribution in [3.05, 3.63) is 134 Å². The van der Waals surface area contributed by atoms with E-state index in [1.165, 1.54) is 19.3 Å². The van der Waals surface area contributed by atoms with Crippen LogP contribution >= 0.6 is 7.82 Å². The number of rotatable bonds is 46. The highest BCUT2D eigenvalue weighted by atomic mass is 31.2. The number of esters is 1. The number of allylic oxidation sites excluding steroid dienone is 22. The maximum absolute atomic E-state index is 12.8. The molecule has 0 saturated carbocycles. The number of likely N-dealkylation sites (N-methyl/N-ethyl adjacent to an activating group) is 1. The summed E-state index contributed by atoms with van der Waals surface area (Å²) in [5.41, 5.74) is 0. The fourth-order valence-corrected chi connectivity index (χ4v) is 7.01. The molecule has 0 aromatic heterocycles. The molecule has 0 aliphatic rings. The summed E-state index contributed by atoms with van der Waals surface area (Å²) >= 11 is 0. The van der Waals surface area contributed by atoms with Gasteiger partial charge in [-0.3, -0.25) is 9.36 Å². The molecule has 67 heavy (non-hydrogen) atoms. The van der Waals surface area contributed by atoms with Crippen molar-refractivity contribution >= 4 is 13.8 Å². The largest absolute Gasteiger partial charge is 0.756 e. The Morgan fingerprint density at radius 1 is 0.463 bits per heavy atom. The van der Waals surface area contributed by atoms with Crippen LogP contribution in [0.15, 0.2) is 134 Å². The molecule has 0 fully saturated rings. The zero-order valence-corrected chi connectivity index (χ0v) is 43.9. The fourth-order valence-electron chi connectivity index (χ4n) is 6.28. The molecule has 0 aromatic carbocycles. The third-order valence-corrected chi connectivity index (χ3v) is 11.2. The fraction of sp³-hybridized carbons (Fsp3) is 0.603. The molecule has 0 aliphatic heterocycles. The Balaban J connectivity index is 4.29. The average Bonchev–Trinajstić information content (AvgIpc) is 3.29. The summed E-state index contributed by atoms with van der Waals surface area (Å²) in [7, 11) is 1.30. The summed E-state index contributed by atoms with van der Waals surface area (Å²) < 4.78 is 34.7. The Morgan fingerprint density at radius 3 is 1.22 bits per heavy atom. The number of hydrogen-bond donors (Lipinski definition) is 0. The number of carbonyl (C=O) groups excluding carboxylic acids is 1. The normalized spacial score (nSPS) is 14.7. The lowest BCUT2D eigenvalue weighted by atomic mass is 10.1. The van der Waals surface area contributed by atoms with E-state index >= 15 is 0 Å². The standard InChI is InChI=1S/C58H96NO7P/c1-6-8-10-12-14-16-18-20-22-24-26-28-30-31-33-35-37-39-41-43-45-47-49-51-58(60)66-57(56-65-67(61,62)64-54-52-59(3,4)5)55-63-53-50-48-46-44-42-40-38-36-34-32-29-27-25-23-21-19-17-15-13-11-9-7-2/h8-11,14-17,20-23,26-29,31,33-34,36-37,39,57H,6-7,12-13,18-19,24-25,30,32,35,38,40-56H2,1-5H3/b10-8-,11-9-,16-14-,17-15-,22-20-,23-21-,28-26-,29-27-,33-31-,36-34-,39-37-. The molecule has 0 heterocycles. The lowest BCUT2D eigenvalue weighted by Gasteiger charge is -2.28. The van der Waals surface area contributed by atoms with E-state index in [1.807, 2.05) is 21.1 Å². The monoisotopic (exact) mass is 950 g/mol. The molecule has 0 spiro atoms. The van der Waals surface area contributed by atoms with Gasteiger partial charge in [-0.05, 0) is 109 Å². The van der Waals surface area contributed by atoms with Gasteiger partial charge in [0.15, 0.2) is 0 Å². The minimum Gasteiger partial charge on any atom is -0.756 e. The third kappa shape index (κ3) is 53.5. The lowest BCUT2D eigenvalue weighted by molar-refractivity contribution is -0.870. The number of ether oxygens (including phenoxy) is 2. The second-order valence-corrected chi connectivity index (χ2v) is 19.2. The molecule has 2 unspecified atom stereocenters.